The predicted octanol–water partition coefficient (Wildman–Crippen LogP) is 4.10. The van der Waals surface area contributed by atoms with Gasteiger partial charge in [0.1, 0.15) is 11.3 Å². The van der Waals surface area contributed by atoms with Crippen LogP contribution in [0.1, 0.15) is 45.6 Å². The van der Waals surface area contributed by atoms with E-state index >= 15 is 0 Å². The van der Waals surface area contributed by atoms with E-state index in [1.165, 1.54) is 6.07 Å². The van der Waals surface area contributed by atoms with Crippen molar-refractivity contribution in [3.8, 4) is 0 Å². The van der Waals surface area contributed by atoms with Crippen LogP contribution in [0.4, 0.5) is 16.2 Å². The molecule has 1 aromatic carbocycles. The summed E-state index contributed by atoms with van der Waals surface area (Å²) in [6.07, 6.45) is 2.37. The van der Waals surface area contributed by atoms with Crippen LogP contribution in [0.25, 0.3) is 0 Å². The largest absolute Gasteiger partial charge is 0.444 e. The number of ether oxygens (including phenoxy) is 1. The second kappa shape index (κ2) is 7.72. The number of carbonyl (C=O) groups excluding carboxylic acids is 1. The van der Waals surface area contributed by atoms with E-state index in [2.05, 4.69) is 5.32 Å². The average Bonchev–Trinajstić information content (AvgIpc) is 2.73. The first kappa shape index (κ1) is 19.0. The lowest BCUT2D eigenvalue weighted by Crippen LogP contribution is -2.42. The van der Waals surface area contributed by atoms with Crippen molar-refractivity contribution in [3.05, 3.63) is 33.9 Å². The molecular weight excluding hydrogens is 322 g/mol. The van der Waals surface area contributed by atoms with Crippen LogP contribution in [0, 0.1) is 17.0 Å². The molecule has 1 aliphatic heterocycles. The van der Waals surface area contributed by atoms with Gasteiger partial charge >= 0.3 is 6.09 Å². The number of nitro benzene ring substituents is 1. The highest BCUT2D eigenvalue weighted by molar-refractivity contribution is 5.69. The van der Waals surface area contributed by atoms with E-state index in [-0.39, 0.29) is 22.7 Å². The quantitative estimate of drug-likeness (QED) is 0.656. The summed E-state index contributed by atoms with van der Waals surface area (Å²) in [4.78, 5) is 25.0. The molecule has 7 nitrogen and oxygen atoms in total. The van der Waals surface area contributed by atoms with Gasteiger partial charge < -0.3 is 15.0 Å². The molecule has 0 aliphatic carbocycles. The highest BCUT2D eigenvalue weighted by Gasteiger charge is 2.27. The Morgan fingerprint density at radius 1 is 1.36 bits per heavy atom. The van der Waals surface area contributed by atoms with Crippen molar-refractivity contribution >= 4 is 17.5 Å². The van der Waals surface area contributed by atoms with Gasteiger partial charge in [-0.25, -0.2) is 4.79 Å². The van der Waals surface area contributed by atoms with Crippen molar-refractivity contribution in [2.24, 2.45) is 0 Å². The number of nitro groups is 1. The summed E-state index contributed by atoms with van der Waals surface area (Å²) in [5.74, 6) is 0. The van der Waals surface area contributed by atoms with Crippen molar-refractivity contribution in [3.63, 3.8) is 0 Å². The molecule has 0 aromatic heterocycles. The van der Waals surface area contributed by atoms with Crippen molar-refractivity contribution in [2.45, 2.75) is 58.6 Å². The Kier molecular flexibility index (Phi) is 5.87. The Balaban J connectivity index is 2.14. The van der Waals surface area contributed by atoms with E-state index in [1.54, 1.807) is 11.0 Å². The topological polar surface area (TPSA) is 84.7 Å². The number of hydrogen-bond acceptors (Lipinski definition) is 5. The van der Waals surface area contributed by atoms with Gasteiger partial charge in [-0.3, -0.25) is 10.1 Å². The maximum absolute atomic E-state index is 12.4. The number of hydrogen-bond donors (Lipinski definition) is 1. The predicted molar refractivity (Wildman–Crippen MR) is 96.9 cm³/mol. The Bertz CT molecular complexity index is 640. The van der Waals surface area contributed by atoms with Crippen molar-refractivity contribution in [2.75, 3.05) is 18.4 Å². The zero-order valence-electron chi connectivity index (χ0n) is 15.4. The molecule has 1 heterocycles. The van der Waals surface area contributed by atoms with Gasteiger partial charge in [0.25, 0.3) is 5.69 Å². The van der Waals surface area contributed by atoms with Gasteiger partial charge in [0.2, 0.25) is 0 Å². The maximum Gasteiger partial charge on any atom is 0.410 e. The van der Waals surface area contributed by atoms with Gasteiger partial charge in [0.15, 0.2) is 0 Å². The van der Waals surface area contributed by atoms with Gasteiger partial charge in [0, 0.05) is 25.2 Å². The molecule has 0 radical (unpaired) electrons. The highest BCUT2D eigenvalue weighted by Crippen LogP contribution is 2.29. The zero-order chi connectivity index (χ0) is 18.6. The van der Waals surface area contributed by atoms with Crippen LogP contribution >= 0.6 is 0 Å². The minimum atomic E-state index is -0.541. The molecule has 1 saturated heterocycles. The Morgan fingerprint density at radius 3 is 2.72 bits per heavy atom. The first-order chi connectivity index (χ1) is 11.7. The van der Waals surface area contributed by atoms with Crippen LogP contribution in [0.3, 0.4) is 0 Å². The summed E-state index contributed by atoms with van der Waals surface area (Å²) in [5.41, 5.74) is 0.875. The highest BCUT2D eigenvalue weighted by atomic mass is 16.6. The number of nitrogens with one attached hydrogen (secondary N) is 1. The number of carbonyl (C=O) groups is 1. The van der Waals surface area contributed by atoms with E-state index in [0.717, 1.165) is 24.8 Å². The summed E-state index contributed by atoms with van der Waals surface area (Å²) in [6.45, 7) is 8.49. The van der Waals surface area contributed by atoms with Gasteiger partial charge in [-0.05, 0) is 52.5 Å². The standard InChI is InChI=1S/C18H27N3O4/c1-13-8-7-10-15(21(23)24)16(13)19-14-9-5-6-11-20(12-14)17(22)25-18(2,3)4/h7-8,10,14,19H,5-6,9,11-12H2,1-4H3. The van der Waals surface area contributed by atoms with Crippen LogP contribution in [-0.2, 0) is 4.74 Å². The second-order valence-electron chi connectivity index (χ2n) is 7.49. The summed E-state index contributed by atoms with van der Waals surface area (Å²) in [7, 11) is 0. The molecule has 1 amide bonds. The maximum atomic E-state index is 12.4. The minimum absolute atomic E-state index is 0.0465. The van der Waals surface area contributed by atoms with Crippen LogP contribution in [-0.4, -0.2) is 40.6 Å². The van der Waals surface area contributed by atoms with Crippen molar-refractivity contribution < 1.29 is 14.5 Å². The Labute approximate surface area is 148 Å². The van der Waals surface area contributed by atoms with E-state index in [4.69, 9.17) is 4.74 Å². The third kappa shape index (κ3) is 5.34. The molecule has 7 heteroatoms. The normalized spacial score (nSPS) is 18.4. The van der Waals surface area contributed by atoms with Crippen molar-refractivity contribution in [1.29, 1.82) is 0 Å². The second-order valence-corrected chi connectivity index (χ2v) is 7.49. The van der Waals surface area contributed by atoms with Crippen LogP contribution in [0.2, 0.25) is 0 Å². The number of amides is 1. The third-order valence-electron chi connectivity index (χ3n) is 4.12. The number of para-hydroxylation sites is 1. The fraction of sp³-hybridized carbons (Fsp3) is 0.611. The molecule has 1 N–H and O–H groups in total. The van der Waals surface area contributed by atoms with Gasteiger partial charge in [0.05, 0.1) is 4.92 Å². The van der Waals surface area contributed by atoms with E-state index in [0.29, 0.717) is 18.8 Å². The molecule has 1 aliphatic rings. The number of anilines is 1. The molecule has 25 heavy (non-hydrogen) atoms. The number of rotatable bonds is 3. The molecule has 138 valence electrons. The first-order valence-corrected chi connectivity index (χ1v) is 8.66. The number of likely N-dealkylation sites (tertiary alicyclic amines) is 1. The molecule has 0 saturated carbocycles. The minimum Gasteiger partial charge on any atom is -0.444 e. The summed E-state index contributed by atoms with van der Waals surface area (Å²) in [6, 6.07) is 4.98. The van der Waals surface area contributed by atoms with Gasteiger partial charge in [-0.15, -0.1) is 0 Å². The summed E-state index contributed by atoms with van der Waals surface area (Å²) < 4.78 is 5.47. The SMILES string of the molecule is Cc1cccc([N+](=O)[O-])c1NC1CCCCN(C(=O)OC(C)(C)C)C1. The number of aryl methyl sites for hydroxylation is 1. The molecule has 1 atom stereocenters. The fourth-order valence-corrected chi connectivity index (χ4v) is 2.95. The van der Waals surface area contributed by atoms with E-state index in [9.17, 15) is 14.9 Å². The molecule has 2 rings (SSSR count). The van der Waals surface area contributed by atoms with Crippen molar-refractivity contribution in [1.82, 2.24) is 4.90 Å². The lowest BCUT2D eigenvalue weighted by atomic mass is 10.1. The average molecular weight is 349 g/mol. The summed E-state index contributed by atoms with van der Waals surface area (Å²) >= 11 is 0. The third-order valence-corrected chi connectivity index (χ3v) is 4.12. The monoisotopic (exact) mass is 349 g/mol. The van der Waals surface area contributed by atoms with Crippen LogP contribution in [0.15, 0.2) is 18.2 Å². The lowest BCUT2D eigenvalue weighted by Gasteiger charge is -2.29. The Hall–Kier alpha value is -2.31. The van der Waals surface area contributed by atoms with Crippen LogP contribution < -0.4 is 5.32 Å². The smallest absolute Gasteiger partial charge is 0.410 e. The molecular formula is C18H27N3O4. The molecule has 1 fully saturated rings. The summed E-state index contributed by atoms with van der Waals surface area (Å²) in [5, 5.41) is 14.6. The van der Waals surface area contributed by atoms with E-state index < -0.39 is 5.60 Å². The van der Waals surface area contributed by atoms with Crippen LogP contribution in [0.5, 0.6) is 0 Å². The zero-order valence-corrected chi connectivity index (χ0v) is 15.4. The number of nitrogens with zero attached hydrogens (tertiary/aromatic N) is 2. The van der Waals surface area contributed by atoms with E-state index in [1.807, 2.05) is 33.8 Å². The fourth-order valence-electron chi connectivity index (χ4n) is 2.95. The molecule has 0 bridgehead atoms. The molecule has 1 aromatic rings. The van der Waals surface area contributed by atoms with Gasteiger partial charge in [-0.1, -0.05) is 12.1 Å². The molecule has 1 unspecified atom stereocenters. The molecule has 0 spiro atoms. The number of benzene rings is 1. The Morgan fingerprint density at radius 2 is 2.08 bits per heavy atom. The lowest BCUT2D eigenvalue weighted by molar-refractivity contribution is -0.384. The first-order valence-electron chi connectivity index (χ1n) is 8.66. The van der Waals surface area contributed by atoms with Gasteiger partial charge in [-0.2, -0.15) is 0 Å².